The first-order chi connectivity index (χ1) is 21.4. The lowest BCUT2D eigenvalue weighted by Crippen LogP contribution is -2.46. The van der Waals surface area contributed by atoms with Crippen molar-refractivity contribution in [2.24, 2.45) is 0 Å². The molecule has 6 rings (SSSR count). The van der Waals surface area contributed by atoms with Crippen LogP contribution in [0.1, 0.15) is 62.1 Å². The van der Waals surface area contributed by atoms with E-state index < -0.39 is 16.1 Å². The molecule has 0 saturated carbocycles. The van der Waals surface area contributed by atoms with Gasteiger partial charge in [-0.05, 0) is 98.3 Å². The molecule has 1 aromatic heterocycles. The van der Waals surface area contributed by atoms with Crippen LogP contribution in [0.25, 0.3) is 10.8 Å². The molecule has 2 fully saturated rings. The van der Waals surface area contributed by atoms with Crippen LogP contribution in [0.15, 0.2) is 102 Å². The van der Waals surface area contributed by atoms with Gasteiger partial charge in [-0.25, -0.2) is 13.1 Å². The summed E-state index contributed by atoms with van der Waals surface area (Å²) in [5.74, 6) is -0.0306. The highest BCUT2D eigenvalue weighted by atomic mass is 32.2. The van der Waals surface area contributed by atoms with E-state index in [9.17, 15) is 13.2 Å². The van der Waals surface area contributed by atoms with Crippen molar-refractivity contribution in [2.45, 2.75) is 61.3 Å². The Morgan fingerprint density at radius 1 is 0.864 bits per heavy atom. The summed E-state index contributed by atoms with van der Waals surface area (Å²) >= 11 is 0. The molecule has 0 spiro atoms. The minimum Gasteiger partial charge on any atom is -0.343 e. The number of carbonyl (C=O) groups excluding carboxylic acids is 1. The fourth-order valence-corrected chi connectivity index (χ4v) is 8.26. The molecule has 2 aliphatic heterocycles. The smallest absolute Gasteiger partial charge is 0.241 e. The maximum Gasteiger partial charge on any atom is 0.241 e. The number of amides is 1. The van der Waals surface area contributed by atoms with E-state index in [4.69, 9.17) is 0 Å². The van der Waals surface area contributed by atoms with E-state index in [1.807, 2.05) is 84.0 Å². The van der Waals surface area contributed by atoms with E-state index in [2.05, 4.69) is 20.7 Å². The molecule has 0 bridgehead atoms. The van der Waals surface area contributed by atoms with Gasteiger partial charge in [-0.3, -0.25) is 9.78 Å². The number of rotatable bonds is 11. The number of fused-ring (bicyclic) bond motifs is 1. The Morgan fingerprint density at radius 2 is 1.59 bits per heavy atom. The van der Waals surface area contributed by atoms with E-state index in [1.165, 1.54) is 31.5 Å². The van der Waals surface area contributed by atoms with Crippen molar-refractivity contribution in [3.8, 4) is 0 Å². The second-order valence-electron chi connectivity index (χ2n) is 12.4. The minimum atomic E-state index is -3.88. The largest absolute Gasteiger partial charge is 0.343 e. The zero-order valence-electron chi connectivity index (χ0n) is 25.3. The number of pyridine rings is 1. The number of likely N-dealkylation sites (tertiary alicyclic amines) is 2. The molecule has 2 aliphatic rings. The minimum absolute atomic E-state index is 0.00126. The third kappa shape index (κ3) is 7.04. The van der Waals surface area contributed by atoms with Crippen LogP contribution in [-0.4, -0.2) is 61.8 Å². The molecule has 230 valence electrons. The highest BCUT2D eigenvalue weighted by molar-refractivity contribution is 7.89. The van der Waals surface area contributed by atoms with Crippen molar-refractivity contribution in [2.75, 3.05) is 32.7 Å². The van der Waals surface area contributed by atoms with Gasteiger partial charge in [0.15, 0.2) is 0 Å². The zero-order chi connectivity index (χ0) is 30.4. The summed E-state index contributed by atoms with van der Waals surface area (Å²) in [5.41, 5.74) is 2.04. The fraction of sp³-hybridized carbons (Fsp3) is 0.389. The summed E-state index contributed by atoms with van der Waals surface area (Å²) < 4.78 is 30.1. The van der Waals surface area contributed by atoms with Crippen LogP contribution >= 0.6 is 0 Å². The molecule has 1 unspecified atom stereocenters. The molecule has 1 N–H and O–H groups in total. The maximum absolute atomic E-state index is 13.8. The predicted molar refractivity (Wildman–Crippen MR) is 175 cm³/mol. The Kier molecular flexibility index (Phi) is 9.40. The average Bonchev–Trinajstić information content (AvgIpc) is 3.59. The Balaban J connectivity index is 1.15. The highest BCUT2D eigenvalue weighted by Crippen LogP contribution is 2.40. The van der Waals surface area contributed by atoms with Crippen molar-refractivity contribution in [1.82, 2.24) is 19.5 Å². The summed E-state index contributed by atoms with van der Waals surface area (Å²) in [7, 11) is -3.88. The Labute approximate surface area is 261 Å². The first-order valence-electron chi connectivity index (χ1n) is 15.9. The molecule has 8 heteroatoms. The Hall–Kier alpha value is -3.59. The average molecular weight is 611 g/mol. The van der Waals surface area contributed by atoms with Gasteiger partial charge < -0.3 is 9.80 Å². The normalized spacial score (nSPS) is 18.0. The molecule has 1 amide bonds. The van der Waals surface area contributed by atoms with E-state index in [0.29, 0.717) is 13.1 Å². The SMILES string of the molecule is O=C(CC(NS(=O)(=O)c1ccc2ccccc2c1)c1ccccc1)N1CCC(CCCN2CCCC2)(c2cccnc2)CC1. The molecule has 1 atom stereocenters. The van der Waals surface area contributed by atoms with E-state index in [0.717, 1.165) is 48.6 Å². The van der Waals surface area contributed by atoms with E-state index in [1.54, 1.807) is 12.1 Å². The molecule has 44 heavy (non-hydrogen) atoms. The number of sulfonamides is 1. The van der Waals surface area contributed by atoms with E-state index in [-0.39, 0.29) is 22.6 Å². The van der Waals surface area contributed by atoms with Crippen molar-refractivity contribution >= 4 is 26.7 Å². The second kappa shape index (κ2) is 13.6. The molecule has 0 radical (unpaired) electrons. The lowest BCUT2D eigenvalue weighted by Gasteiger charge is -2.43. The van der Waals surface area contributed by atoms with Crippen LogP contribution < -0.4 is 4.72 Å². The number of aromatic nitrogens is 1. The van der Waals surface area contributed by atoms with E-state index >= 15 is 0 Å². The second-order valence-corrected chi connectivity index (χ2v) is 14.1. The summed E-state index contributed by atoms with van der Waals surface area (Å²) in [6, 6.07) is 25.8. The topological polar surface area (TPSA) is 82.6 Å². The monoisotopic (exact) mass is 610 g/mol. The van der Waals surface area contributed by atoms with Gasteiger partial charge in [-0.15, -0.1) is 0 Å². The molecule has 2 saturated heterocycles. The zero-order valence-corrected chi connectivity index (χ0v) is 26.1. The molecule has 0 aliphatic carbocycles. The van der Waals surface area contributed by atoms with Crippen LogP contribution in [-0.2, 0) is 20.2 Å². The first kappa shape index (κ1) is 30.4. The number of benzene rings is 3. The van der Waals surface area contributed by atoms with Gasteiger partial charge in [0.25, 0.3) is 0 Å². The molecular formula is C36H42N4O3S. The number of nitrogens with one attached hydrogen (secondary N) is 1. The van der Waals surface area contributed by atoms with Crippen LogP contribution in [0.4, 0.5) is 0 Å². The summed E-state index contributed by atoms with van der Waals surface area (Å²) in [4.78, 5) is 22.9. The van der Waals surface area contributed by atoms with Crippen LogP contribution in [0.5, 0.6) is 0 Å². The standard InChI is InChI=1S/C36H42N4O3S/c41-35(40-24-18-36(19-25-40,32-14-8-20-37-28-32)17-9-23-39-21-6-7-22-39)27-34(30-11-2-1-3-12-30)38-44(42,43)33-16-15-29-10-4-5-13-31(29)26-33/h1-5,8,10-16,20,26,28,34,38H,6-7,9,17-19,21-25,27H2. The Bertz CT molecular complexity index is 1650. The van der Waals surface area contributed by atoms with Crippen molar-refractivity contribution in [3.05, 3.63) is 108 Å². The lowest BCUT2D eigenvalue weighted by molar-refractivity contribution is -0.133. The van der Waals surface area contributed by atoms with Gasteiger partial charge in [0, 0.05) is 37.3 Å². The van der Waals surface area contributed by atoms with Crippen molar-refractivity contribution < 1.29 is 13.2 Å². The summed E-state index contributed by atoms with van der Waals surface area (Å²) in [6.07, 6.45) is 10.5. The molecule has 3 heterocycles. The van der Waals surface area contributed by atoms with Gasteiger partial charge in [0.2, 0.25) is 15.9 Å². The lowest BCUT2D eigenvalue weighted by atomic mass is 9.70. The van der Waals surface area contributed by atoms with Gasteiger partial charge in [-0.2, -0.15) is 0 Å². The highest BCUT2D eigenvalue weighted by Gasteiger charge is 2.38. The fourth-order valence-electron chi connectivity index (χ4n) is 7.00. The molecular weight excluding hydrogens is 568 g/mol. The predicted octanol–water partition coefficient (Wildman–Crippen LogP) is 6.08. The number of hydrogen-bond acceptors (Lipinski definition) is 5. The van der Waals surface area contributed by atoms with Crippen molar-refractivity contribution in [1.29, 1.82) is 0 Å². The van der Waals surface area contributed by atoms with Gasteiger partial charge in [0.1, 0.15) is 0 Å². The number of nitrogens with zero attached hydrogens (tertiary/aromatic N) is 3. The number of hydrogen-bond donors (Lipinski definition) is 1. The summed E-state index contributed by atoms with van der Waals surface area (Å²) in [5, 5.41) is 1.83. The number of piperidine rings is 1. The van der Waals surface area contributed by atoms with Crippen LogP contribution in [0, 0.1) is 0 Å². The maximum atomic E-state index is 13.8. The third-order valence-electron chi connectivity index (χ3n) is 9.58. The van der Waals surface area contributed by atoms with Gasteiger partial charge in [0.05, 0.1) is 10.9 Å². The molecule has 4 aromatic rings. The third-order valence-corrected chi connectivity index (χ3v) is 11.1. The van der Waals surface area contributed by atoms with Crippen LogP contribution in [0.2, 0.25) is 0 Å². The van der Waals surface area contributed by atoms with Crippen LogP contribution in [0.3, 0.4) is 0 Å². The number of carbonyl (C=O) groups is 1. The summed E-state index contributed by atoms with van der Waals surface area (Å²) in [6.45, 7) is 4.83. The van der Waals surface area contributed by atoms with Gasteiger partial charge >= 0.3 is 0 Å². The quantitative estimate of drug-likeness (QED) is 0.223. The molecule has 3 aromatic carbocycles. The van der Waals surface area contributed by atoms with Gasteiger partial charge in [-0.1, -0.05) is 66.7 Å². The van der Waals surface area contributed by atoms with Crippen molar-refractivity contribution in [3.63, 3.8) is 0 Å². The molecule has 7 nitrogen and oxygen atoms in total. The first-order valence-corrected chi connectivity index (χ1v) is 17.4. The Morgan fingerprint density at radius 3 is 2.32 bits per heavy atom.